The molecule has 0 saturated carbocycles. The molecule has 1 aliphatic rings. The van der Waals surface area contributed by atoms with E-state index in [9.17, 15) is 29.8 Å². The van der Waals surface area contributed by atoms with Gasteiger partial charge in [0.25, 0.3) is 5.69 Å². The van der Waals surface area contributed by atoms with Crippen LogP contribution in [0.4, 0.5) is 5.69 Å². The molecule has 2 amide bonds. The highest BCUT2D eigenvalue weighted by molar-refractivity contribution is 7.59. The number of benzene rings is 1. The molecule has 40 heavy (non-hydrogen) atoms. The Bertz CT molecular complexity index is 1420. The van der Waals surface area contributed by atoms with Gasteiger partial charge in [0.15, 0.2) is 0 Å². The molecule has 15 heteroatoms. The smallest absolute Gasteiger partial charge is 0.303 e. The number of likely N-dealkylation sites (tertiary alicyclic amines) is 1. The molecule has 0 aliphatic carbocycles. The standard InChI is InChI=1S/C25H24N6O7.2H2S/c26-12-16-2-1-9-30(16)25(35)21(29-22(32)6-8-24(33)34)10-15-13-27-20-5-4-18(11-19(15)20)38-23-7-3-17(14-28-23)31(36)37;;/h3-5,7,11,13-14,16,21,27H,1-2,6,8-10H2,(H,29,32)(H,33,34);2*1H2/t16-,21-;;/m0../s1. The van der Waals surface area contributed by atoms with Crippen molar-refractivity contribution in [1.29, 1.82) is 5.26 Å². The summed E-state index contributed by atoms with van der Waals surface area (Å²) in [5.41, 5.74) is 1.26. The van der Waals surface area contributed by atoms with Gasteiger partial charge >= 0.3 is 5.97 Å². The van der Waals surface area contributed by atoms with Gasteiger partial charge in [0.05, 0.1) is 17.4 Å². The minimum Gasteiger partial charge on any atom is -0.481 e. The topological polar surface area (TPSA) is 192 Å². The molecule has 2 atom stereocenters. The quantitative estimate of drug-likeness (QED) is 0.236. The number of aliphatic carboxylic acids is 1. The summed E-state index contributed by atoms with van der Waals surface area (Å²) in [4.78, 5) is 55.5. The van der Waals surface area contributed by atoms with Crippen LogP contribution >= 0.6 is 27.0 Å². The molecule has 3 heterocycles. The number of ether oxygens (including phenoxy) is 1. The molecule has 2 aromatic heterocycles. The van der Waals surface area contributed by atoms with Gasteiger partial charge in [-0.2, -0.15) is 32.3 Å². The Morgan fingerprint density at radius 1 is 1.27 bits per heavy atom. The van der Waals surface area contributed by atoms with Crippen LogP contribution in [0.2, 0.25) is 0 Å². The first kappa shape index (κ1) is 31.9. The zero-order valence-corrected chi connectivity index (χ0v) is 23.1. The predicted molar refractivity (Wildman–Crippen MR) is 153 cm³/mol. The first-order valence-corrected chi connectivity index (χ1v) is 11.8. The van der Waals surface area contributed by atoms with E-state index in [1.165, 1.54) is 17.0 Å². The highest BCUT2D eigenvalue weighted by Crippen LogP contribution is 2.28. The Labute approximate surface area is 242 Å². The monoisotopic (exact) mass is 588 g/mol. The summed E-state index contributed by atoms with van der Waals surface area (Å²) in [6.45, 7) is 0.396. The number of hydrogen-bond acceptors (Lipinski definition) is 8. The molecule has 0 bridgehead atoms. The van der Waals surface area contributed by atoms with Crippen LogP contribution in [0.5, 0.6) is 11.6 Å². The average Bonchev–Trinajstić information content (AvgIpc) is 3.54. The lowest BCUT2D eigenvalue weighted by molar-refractivity contribution is -0.385. The van der Waals surface area contributed by atoms with E-state index in [0.717, 1.165) is 11.7 Å². The Morgan fingerprint density at radius 3 is 2.70 bits per heavy atom. The Kier molecular flexibility index (Phi) is 11.3. The number of nitrogens with zero attached hydrogens (tertiary/aromatic N) is 4. The van der Waals surface area contributed by atoms with Crippen LogP contribution in [0.1, 0.15) is 31.2 Å². The number of pyridine rings is 1. The lowest BCUT2D eigenvalue weighted by Crippen LogP contribution is -2.50. The van der Waals surface area contributed by atoms with Gasteiger partial charge in [-0.3, -0.25) is 24.5 Å². The van der Waals surface area contributed by atoms with Crippen molar-refractivity contribution in [1.82, 2.24) is 20.2 Å². The second kappa shape index (κ2) is 14.2. The number of fused-ring (bicyclic) bond motifs is 1. The van der Waals surface area contributed by atoms with E-state index in [2.05, 4.69) is 21.4 Å². The molecule has 0 spiro atoms. The molecule has 1 aliphatic heterocycles. The molecule has 3 aromatic rings. The summed E-state index contributed by atoms with van der Waals surface area (Å²) in [6.07, 6.45) is 3.45. The maximum atomic E-state index is 13.4. The van der Waals surface area contributed by atoms with Crippen LogP contribution < -0.4 is 10.1 Å². The first-order chi connectivity index (χ1) is 18.2. The van der Waals surface area contributed by atoms with Crippen LogP contribution in [0.25, 0.3) is 10.9 Å². The van der Waals surface area contributed by atoms with Gasteiger partial charge in [-0.05, 0) is 36.6 Å². The number of H-pyrrole nitrogens is 1. The number of carboxylic acid groups (broad SMARTS) is 1. The van der Waals surface area contributed by atoms with Crippen LogP contribution in [-0.4, -0.2) is 61.3 Å². The number of hydrogen-bond donors (Lipinski definition) is 3. The minimum absolute atomic E-state index is 0. The molecular weight excluding hydrogens is 560 g/mol. The third-order valence-corrected chi connectivity index (χ3v) is 6.20. The van der Waals surface area contributed by atoms with Crippen molar-refractivity contribution in [3.63, 3.8) is 0 Å². The second-order valence-corrected chi connectivity index (χ2v) is 8.77. The second-order valence-electron chi connectivity index (χ2n) is 8.77. The Morgan fingerprint density at radius 2 is 2.05 bits per heavy atom. The molecule has 3 N–H and O–H groups in total. The van der Waals surface area contributed by atoms with Gasteiger partial charge in [-0.25, -0.2) is 4.98 Å². The number of nitriles is 1. The number of nitrogens with one attached hydrogen (secondary N) is 2. The largest absolute Gasteiger partial charge is 0.481 e. The number of carboxylic acids is 1. The summed E-state index contributed by atoms with van der Waals surface area (Å²) < 4.78 is 5.74. The van der Waals surface area contributed by atoms with Gasteiger partial charge in [-0.15, -0.1) is 0 Å². The number of carbonyl (C=O) groups excluding carboxylic acids is 2. The fourth-order valence-electron chi connectivity index (χ4n) is 4.32. The molecule has 13 nitrogen and oxygen atoms in total. The van der Waals surface area contributed by atoms with Gasteiger partial charge in [0.1, 0.15) is 24.0 Å². The fraction of sp³-hybridized carbons (Fsp3) is 0.320. The fourth-order valence-corrected chi connectivity index (χ4v) is 4.32. The molecule has 1 aromatic carbocycles. The van der Waals surface area contributed by atoms with Crippen LogP contribution in [-0.2, 0) is 20.8 Å². The van der Waals surface area contributed by atoms with Crippen molar-refractivity contribution in [2.45, 2.75) is 44.2 Å². The number of aromatic amines is 1. The number of aromatic nitrogens is 2. The van der Waals surface area contributed by atoms with Crippen molar-refractivity contribution in [2.24, 2.45) is 0 Å². The van der Waals surface area contributed by atoms with E-state index in [-0.39, 0.29) is 57.8 Å². The van der Waals surface area contributed by atoms with Crippen LogP contribution in [0.3, 0.4) is 0 Å². The zero-order valence-electron chi connectivity index (χ0n) is 21.1. The molecule has 0 unspecified atom stereocenters. The van der Waals surface area contributed by atoms with Gasteiger partial charge in [0.2, 0.25) is 17.7 Å². The van der Waals surface area contributed by atoms with Crippen molar-refractivity contribution >= 4 is 61.4 Å². The summed E-state index contributed by atoms with van der Waals surface area (Å²) in [6, 6.07) is 8.34. The van der Waals surface area contributed by atoms with Crippen LogP contribution in [0.15, 0.2) is 42.7 Å². The predicted octanol–water partition coefficient (Wildman–Crippen LogP) is 2.90. The van der Waals surface area contributed by atoms with Crippen molar-refractivity contribution in [3.8, 4) is 17.7 Å². The maximum Gasteiger partial charge on any atom is 0.303 e. The van der Waals surface area contributed by atoms with Crippen molar-refractivity contribution in [2.75, 3.05) is 6.54 Å². The summed E-state index contributed by atoms with van der Waals surface area (Å²) >= 11 is 0. The average molecular weight is 589 g/mol. The normalized spacial score (nSPS) is 14.8. The molecular formula is C25H28N6O7S2. The Hall–Kier alpha value is -4.29. The maximum absolute atomic E-state index is 13.4. The van der Waals surface area contributed by atoms with Crippen LogP contribution in [0, 0.1) is 21.4 Å². The van der Waals surface area contributed by atoms with E-state index >= 15 is 0 Å². The lowest BCUT2D eigenvalue weighted by atomic mass is 10.0. The zero-order chi connectivity index (χ0) is 27.2. The number of amides is 2. The molecule has 1 fully saturated rings. The third-order valence-electron chi connectivity index (χ3n) is 6.20. The van der Waals surface area contributed by atoms with Gasteiger partial charge in [-0.1, -0.05) is 0 Å². The first-order valence-electron chi connectivity index (χ1n) is 11.8. The van der Waals surface area contributed by atoms with E-state index in [0.29, 0.717) is 36.1 Å². The number of carbonyl (C=O) groups is 3. The van der Waals surface area contributed by atoms with E-state index in [1.54, 1.807) is 24.4 Å². The van der Waals surface area contributed by atoms with E-state index in [1.807, 2.05) is 0 Å². The number of nitro groups is 1. The number of rotatable bonds is 10. The molecule has 1 saturated heterocycles. The lowest BCUT2D eigenvalue weighted by Gasteiger charge is -2.26. The van der Waals surface area contributed by atoms with Gasteiger partial charge < -0.3 is 25.0 Å². The van der Waals surface area contributed by atoms with Crippen molar-refractivity contribution in [3.05, 3.63) is 58.4 Å². The van der Waals surface area contributed by atoms with Crippen molar-refractivity contribution < 1.29 is 29.2 Å². The third kappa shape index (κ3) is 7.64. The highest BCUT2D eigenvalue weighted by Gasteiger charge is 2.34. The highest BCUT2D eigenvalue weighted by atomic mass is 32.1. The summed E-state index contributed by atoms with van der Waals surface area (Å²) in [5.74, 6) is -1.56. The minimum atomic E-state index is -1.13. The Balaban J connectivity index is 0.00000280. The van der Waals surface area contributed by atoms with E-state index in [4.69, 9.17) is 9.84 Å². The molecule has 212 valence electrons. The summed E-state index contributed by atoms with van der Waals surface area (Å²) in [7, 11) is 0. The molecule has 0 radical (unpaired) electrons. The van der Waals surface area contributed by atoms with Gasteiger partial charge in [0, 0.05) is 48.6 Å². The van der Waals surface area contributed by atoms with E-state index < -0.39 is 34.8 Å². The summed E-state index contributed by atoms with van der Waals surface area (Å²) in [5, 5.41) is 32.5. The molecule has 4 rings (SSSR count). The SMILES string of the molecule is N#C[C@@H]1CCCN1C(=O)[C@H](Cc1c[nH]c2ccc(Oc3ccc([N+](=O)[O-])cn3)cc12)NC(=O)CCC(=O)O.S.S.